The van der Waals surface area contributed by atoms with Gasteiger partial charge in [0.05, 0.1) is 6.61 Å². The van der Waals surface area contributed by atoms with Crippen LogP contribution < -0.4 is 5.73 Å². The molecule has 3 atom stereocenters. The standard InChI is InChI=1S/C10H21NO2S/c1-8(2-4-12)14-7-10(11)9-3-5-13-6-9/h8-10,12H,2-7,11H2,1H3. The van der Waals surface area contributed by atoms with Crippen LogP contribution in [-0.2, 0) is 4.74 Å². The number of nitrogens with two attached hydrogens (primary N) is 1. The Balaban J connectivity index is 2.10. The van der Waals surface area contributed by atoms with Gasteiger partial charge < -0.3 is 15.6 Å². The highest BCUT2D eigenvalue weighted by molar-refractivity contribution is 7.99. The molecule has 1 fully saturated rings. The average molecular weight is 219 g/mol. The molecule has 0 aromatic rings. The van der Waals surface area contributed by atoms with E-state index in [-0.39, 0.29) is 12.6 Å². The summed E-state index contributed by atoms with van der Waals surface area (Å²) >= 11 is 1.86. The fourth-order valence-electron chi connectivity index (χ4n) is 1.57. The maximum absolute atomic E-state index is 8.75. The molecule has 3 nitrogen and oxygen atoms in total. The fourth-order valence-corrected chi connectivity index (χ4v) is 2.66. The summed E-state index contributed by atoms with van der Waals surface area (Å²) in [5.41, 5.74) is 6.06. The van der Waals surface area contributed by atoms with Crippen LogP contribution in [0.2, 0.25) is 0 Å². The van der Waals surface area contributed by atoms with Crippen LogP contribution in [-0.4, -0.2) is 42.0 Å². The molecular weight excluding hydrogens is 198 g/mol. The summed E-state index contributed by atoms with van der Waals surface area (Å²) in [7, 11) is 0. The van der Waals surface area contributed by atoms with Crippen LogP contribution in [0.1, 0.15) is 19.8 Å². The van der Waals surface area contributed by atoms with Crippen LogP contribution >= 0.6 is 11.8 Å². The maximum Gasteiger partial charge on any atom is 0.0510 e. The molecule has 1 rings (SSSR count). The molecule has 84 valence electrons. The second-order valence-corrected chi connectivity index (χ2v) is 5.42. The molecule has 0 saturated carbocycles. The zero-order valence-corrected chi connectivity index (χ0v) is 9.63. The van der Waals surface area contributed by atoms with Crippen molar-refractivity contribution in [2.24, 2.45) is 11.7 Å². The van der Waals surface area contributed by atoms with E-state index in [1.165, 1.54) is 0 Å². The van der Waals surface area contributed by atoms with Crippen molar-refractivity contribution >= 4 is 11.8 Å². The average Bonchev–Trinajstić information content (AvgIpc) is 2.67. The molecule has 0 aliphatic carbocycles. The number of thioether (sulfide) groups is 1. The van der Waals surface area contributed by atoms with Crippen molar-refractivity contribution < 1.29 is 9.84 Å². The largest absolute Gasteiger partial charge is 0.396 e. The summed E-state index contributed by atoms with van der Waals surface area (Å²) < 4.78 is 5.30. The monoisotopic (exact) mass is 219 g/mol. The zero-order chi connectivity index (χ0) is 10.4. The van der Waals surface area contributed by atoms with Gasteiger partial charge in [-0.15, -0.1) is 0 Å². The molecule has 1 aliphatic heterocycles. The molecule has 1 saturated heterocycles. The van der Waals surface area contributed by atoms with E-state index in [2.05, 4.69) is 6.92 Å². The molecule has 1 aliphatic rings. The van der Waals surface area contributed by atoms with Gasteiger partial charge in [0.15, 0.2) is 0 Å². The summed E-state index contributed by atoms with van der Waals surface area (Å²) in [6.45, 7) is 4.11. The van der Waals surface area contributed by atoms with E-state index in [9.17, 15) is 0 Å². The molecular formula is C10H21NO2S. The van der Waals surface area contributed by atoms with Gasteiger partial charge in [0.25, 0.3) is 0 Å². The van der Waals surface area contributed by atoms with Crippen molar-refractivity contribution in [1.29, 1.82) is 0 Å². The van der Waals surface area contributed by atoms with Gasteiger partial charge in [0.2, 0.25) is 0 Å². The molecule has 3 N–H and O–H groups in total. The van der Waals surface area contributed by atoms with Gasteiger partial charge in [-0.3, -0.25) is 0 Å². The highest BCUT2D eigenvalue weighted by Crippen LogP contribution is 2.21. The van der Waals surface area contributed by atoms with Crippen molar-refractivity contribution in [2.75, 3.05) is 25.6 Å². The zero-order valence-electron chi connectivity index (χ0n) is 8.82. The molecule has 0 bridgehead atoms. The van der Waals surface area contributed by atoms with Crippen LogP contribution in [0.15, 0.2) is 0 Å². The van der Waals surface area contributed by atoms with Crippen LogP contribution in [0.25, 0.3) is 0 Å². The van der Waals surface area contributed by atoms with E-state index in [1.807, 2.05) is 11.8 Å². The number of aliphatic hydroxyl groups is 1. The maximum atomic E-state index is 8.75. The molecule has 0 radical (unpaired) electrons. The normalized spacial score (nSPS) is 26.4. The van der Waals surface area contributed by atoms with Crippen molar-refractivity contribution in [3.63, 3.8) is 0 Å². The fraction of sp³-hybridized carbons (Fsp3) is 1.00. The lowest BCUT2D eigenvalue weighted by Gasteiger charge is -2.19. The first kappa shape index (κ1) is 12.3. The van der Waals surface area contributed by atoms with Crippen LogP contribution in [0, 0.1) is 5.92 Å². The molecule has 14 heavy (non-hydrogen) atoms. The van der Waals surface area contributed by atoms with E-state index < -0.39 is 0 Å². The number of hydrogen-bond donors (Lipinski definition) is 2. The van der Waals surface area contributed by atoms with Gasteiger partial charge in [-0.2, -0.15) is 11.8 Å². The lowest BCUT2D eigenvalue weighted by molar-refractivity contribution is 0.182. The quantitative estimate of drug-likeness (QED) is 0.695. The first-order valence-electron chi connectivity index (χ1n) is 5.29. The van der Waals surface area contributed by atoms with Crippen LogP contribution in [0.4, 0.5) is 0 Å². The van der Waals surface area contributed by atoms with Gasteiger partial charge in [0.1, 0.15) is 0 Å². The van der Waals surface area contributed by atoms with E-state index in [0.717, 1.165) is 31.8 Å². The van der Waals surface area contributed by atoms with Gasteiger partial charge in [-0.1, -0.05) is 6.92 Å². The van der Waals surface area contributed by atoms with Crippen LogP contribution in [0.3, 0.4) is 0 Å². The Hall–Kier alpha value is 0.230. The van der Waals surface area contributed by atoms with Crippen molar-refractivity contribution in [3.05, 3.63) is 0 Å². The van der Waals surface area contributed by atoms with Gasteiger partial charge in [-0.05, 0) is 12.8 Å². The van der Waals surface area contributed by atoms with E-state index in [1.54, 1.807) is 0 Å². The third-order valence-corrected chi connectivity index (χ3v) is 4.06. The number of aliphatic hydroxyl groups excluding tert-OH is 1. The van der Waals surface area contributed by atoms with Gasteiger partial charge in [0, 0.05) is 36.2 Å². The molecule has 0 aromatic carbocycles. The predicted octanol–water partition coefficient (Wildman–Crippen LogP) is 0.854. The van der Waals surface area contributed by atoms with E-state index in [0.29, 0.717) is 11.2 Å². The minimum atomic E-state index is 0.253. The second-order valence-electron chi connectivity index (χ2n) is 3.94. The van der Waals surface area contributed by atoms with E-state index >= 15 is 0 Å². The summed E-state index contributed by atoms with van der Waals surface area (Å²) in [6.07, 6.45) is 1.97. The van der Waals surface area contributed by atoms with Crippen molar-refractivity contribution in [2.45, 2.75) is 31.1 Å². The van der Waals surface area contributed by atoms with Gasteiger partial charge >= 0.3 is 0 Å². The Morgan fingerprint density at radius 3 is 3.00 bits per heavy atom. The highest BCUT2D eigenvalue weighted by Gasteiger charge is 2.22. The third kappa shape index (κ3) is 4.17. The Morgan fingerprint density at radius 2 is 2.43 bits per heavy atom. The smallest absolute Gasteiger partial charge is 0.0510 e. The molecule has 4 heteroatoms. The number of ether oxygens (including phenoxy) is 1. The number of hydrogen-bond acceptors (Lipinski definition) is 4. The topological polar surface area (TPSA) is 55.5 Å². The highest BCUT2D eigenvalue weighted by atomic mass is 32.2. The summed E-state index contributed by atoms with van der Waals surface area (Å²) in [4.78, 5) is 0. The Morgan fingerprint density at radius 1 is 1.64 bits per heavy atom. The molecule has 1 heterocycles. The summed E-state index contributed by atoms with van der Waals surface area (Å²) in [6, 6.07) is 0.253. The molecule has 3 unspecified atom stereocenters. The second kappa shape index (κ2) is 6.67. The minimum absolute atomic E-state index is 0.253. The number of rotatable bonds is 6. The lowest BCUT2D eigenvalue weighted by Crippen LogP contribution is -2.33. The molecule has 0 amide bonds. The third-order valence-electron chi connectivity index (χ3n) is 2.68. The lowest BCUT2D eigenvalue weighted by atomic mass is 10.0. The Bertz CT molecular complexity index is 151. The Kier molecular flexibility index (Phi) is 5.86. The predicted molar refractivity (Wildman–Crippen MR) is 60.5 cm³/mol. The van der Waals surface area contributed by atoms with Crippen molar-refractivity contribution in [3.8, 4) is 0 Å². The minimum Gasteiger partial charge on any atom is -0.396 e. The van der Waals surface area contributed by atoms with Gasteiger partial charge in [-0.25, -0.2) is 0 Å². The van der Waals surface area contributed by atoms with Crippen LogP contribution in [0.5, 0.6) is 0 Å². The first-order valence-corrected chi connectivity index (χ1v) is 6.34. The Labute approximate surface area is 90.4 Å². The first-order chi connectivity index (χ1) is 6.74. The van der Waals surface area contributed by atoms with Crippen molar-refractivity contribution in [1.82, 2.24) is 0 Å². The molecule has 0 aromatic heterocycles. The summed E-state index contributed by atoms with van der Waals surface area (Å²) in [5, 5.41) is 9.26. The SMILES string of the molecule is CC(CCO)SCC(N)C1CCOC1. The summed E-state index contributed by atoms with van der Waals surface area (Å²) in [5.74, 6) is 1.53. The van der Waals surface area contributed by atoms with E-state index in [4.69, 9.17) is 15.6 Å². The molecule has 0 spiro atoms.